The lowest BCUT2D eigenvalue weighted by molar-refractivity contribution is 0.0167. The minimum atomic E-state index is -3.49. The standard InChI is InChI=1S/C27H40N2O3S/c1-2-3-18-28-19-8-4-5-9-20-32-26-15-12-23(13-16-26)22-29-33(30,31)27-17-14-24-10-6-7-11-25(24)21-27/h2,6-7,10-11,14,17,21,23,26,28-29H,1,3-5,8-9,12-13,15-16,18-20,22H2. The number of sulfonamides is 1. The van der Waals surface area contributed by atoms with Crippen molar-refractivity contribution >= 4 is 20.8 Å². The van der Waals surface area contributed by atoms with Gasteiger partial charge >= 0.3 is 0 Å². The van der Waals surface area contributed by atoms with Gasteiger partial charge in [-0.2, -0.15) is 0 Å². The van der Waals surface area contributed by atoms with Crippen LogP contribution in [0.5, 0.6) is 0 Å². The number of hydrogen-bond donors (Lipinski definition) is 2. The maximum Gasteiger partial charge on any atom is 0.240 e. The normalized spacial score (nSPS) is 19.0. The Morgan fingerprint density at radius 2 is 1.70 bits per heavy atom. The summed E-state index contributed by atoms with van der Waals surface area (Å²) in [5, 5.41) is 5.41. The summed E-state index contributed by atoms with van der Waals surface area (Å²) in [5.74, 6) is 0.383. The number of fused-ring (bicyclic) bond motifs is 1. The summed E-state index contributed by atoms with van der Waals surface area (Å²) in [6.07, 6.45) is 12.2. The summed E-state index contributed by atoms with van der Waals surface area (Å²) in [6, 6.07) is 13.1. The number of nitrogens with one attached hydrogen (secondary N) is 2. The number of benzene rings is 2. The van der Waals surface area contributed by atoms with Crippen LogP contribution in [0.4, 0.5) is 0 Å². The first-order chi connectivity index (χ1) is 16.1. The van der Waals surface area contributed by atoms with Crippen molar-refractivity contribution in [2.24, 2.45) is 5.92 Å². The molecule has 0 radical (unpaired) electrons. The molecule has 0 atom stereocenters. The van der Waals surface area contributed by atoms with E-state index in [9.17, 15) is 8.42 Å². The highest BCUT2D eigenvalue weighted by atomic mass is 32.2. The zero-order valence-electron chi connectivity index (χ0n) is 19.8. The fraction of sp³-hybridized carbons (Fsp3) is 0.556. The number of rotatable bonds is 15. The van der Waals surface area contributed by atoms with Crippen molar-refractivity contribution in [3.05, 3.63) is 55.1 Å². The molecule has 1 fully saturated rings. The van der Waals surface area contributed by atoms with Crippen LogP contribution in [0.1, 0.15) is 57.8 Å². The fourth-order valence-electron chi connectivity index (χ4n) is 4.43. The maximum atomic E-state index is 12.8. The van der Waals surface area contributed by atoms with Crippen LogP contribution in [0.2, 0.25) is 0 Å². The van der Waals surface area contributed by atoms with Crippen molar-refractivity contribution in [2.75, 3.05) is 26.2 Å². The Hall–Kier alpha value is -1.73. The van der Waals surface area contributed by atoms with E-state index in [2.05, 4.69) is 16.6 Å². The molecule has 3 rings (SSSR count). The molecule has 0 spiro atoms. The molecule has 2 aromatic carbocycles. The van der Waals surface area contributed by atoms with Gasteiger partial charge in [-0.1, -0.05) is 49.2 Å². The highest BCUT2D eigenvalue weighted by Gasteiger charge is 2.23. The van der Waals surface area contributed by atoms with Gasteiger partial charge in [0.25, 0.3) is 0 Å². The molecule has 0 bridgehead atoms. The summed E-state index contributed by atoms with van der Waals surface area (Å²) < 4.78 is 34.4. The van der Waals surface area contributed by atoms with Crippen LogP contribution in [0, 0.1) is 5.92 Å². The largest absolute Gasteiger partial charge is 0.378 e. The topological polar surface area (TPSA) is 67.4 Å². The van der Waals surface area contributed by atoms with Crippen LogP contribution in [0.25, 0.3) is 10.8 Å². The quantitative estimate of drug-likeness (QED) is 0.268. The van der Waals surface area contributed by atoms with E-state index in [1.54, 1.807) is 12.1 Å². The van der Waals surface area contributed by atoms with Crippen molar-refractivity contribution in [3.8, 4) is 0 Å². The number of unbranched alkanes of at least 4 members (excludes halogenated alkanes) is 3. The van der Waals surface area contributed by atoms with Crippen LogP contribution < -0.4 is 10.0 Å². The Bertz CT molecular complexity index is 953. The molecule has 5 nitrogen and oxygen atoms in total. The first-order valence-electron chi connectivity index (χ1n) is 12.5. The first kappa shape index (κ1) is 25.9. The van der Waals surface area contributed by atoms with Gasteiger partial charge in [-0.15, -0.1) is 6.58 Å². The lowest BCUT2D eigenvalue weighted by Gasteiger charge is -2.28. The summed E-state index contributed by atoms with van der Waals surface area (Å²) in [7, 11) is -3.49. The molecule has 0 unspecified atom stereocenters. The first-order valence-corrected chi connectivity index (χ1v) is 14.0. The van der Waals surface area contributed by atoms with Gasteiger partial charge in [0.2, 0.25) is 10.0 Å². The summed E-state index contributed by atoms with van der Waals surface area (Å²) in [4.78, 5) is 0.339. The van der Waals surface area contributed by atoms with Crippen LogP contribution in [0.3, 0.4) is 0 Å². The van der Waals surface area contributed by atoms with Gasteiger partial charge in [0.05, 0.1) is 11.0 Å². The van der Waals surface area contributed by atoms with Crippen LogP contribution in [-0.4, -0.2) is 40.8 Å². The summed E-state index contributed by atoms with van der Waals surface area (Å²) in [5.41, 5.74) is 0. The molecular weight excluding hydrogens is 432 g/mol. The van der Waals surface area contributed by atoms with Crippen LogP contribution >= 0.6 is 0 Å². The van der Waals surface area contributed by atoms with E-state index in [1.165, 1.54) is 19.3 Å². The molecule has 1 aliphatic rings. The predicted molar refractivity (Wildman–Crippen MR) is 137 cm³/mol. The SMILES string of the molecule is C=CCCNCCCCCCOC1CCC(CNS(=O)(=O)c2ccc3ccccc3c2)CC1. The number of hydrogen-bond acceptors (Lipinski definition) is 4. The number of ether oxygens (including phenoxy) is 1. The Kier molecular flexibility index (Phi) is 10.9. The molecule has 182 valence electrons. The average molecular weight is 473 g/mol. The van der Waals surface area contributed by atoms with Gasteiger partial charge < -0.3 is 10.1 Å². The lowest BCUT2D eigenvalue weighted by atomic mass is 9.87. The van der Waals surface area contributed by atoms with E-state index in [-0.39, 0.29) is 0 Å². The van der Waals surface area contributed by atoms with E-state index < -0.39 is 10.0 Å². The van der Waals surface area contributed by atoms with Gasteiger partial charge in [-0.25, -0.2) is 13.1 Å². The summed E-state index contributed by atoms with van der Waals surface area (Å²) in [6.45, 7) is 7.19. The van der Waals surface area contributed by atoms with Crippen molar-refractivity contribution in [1.29, 1.82) is 0 Å². The molecule has 2 aromatic rings. The van der Waals surface area contributed by atoms with Gasteiger partial charge in [0.1, 0.15) is 0 Å². The molecule has 2 N–H and O–H groups in total. The molecule has 1 saturated carbocycles. The zero-order chi connectivity index (χ0) is 23.4. The van der Waals surface area contributed by atoms with E-state index in [0.29, 0.717) is 23.5 Å². The molecule has 0 aromatic heterocycles. The third-order valence-electron chi connectivity index (χ3n) is 6.51. The monoisotopic (exact) mass is 472 g/mol. The smallest absolute Gasteiger partial charge is 0.240 e. The Morgan fingerprint density at radius 1 is 0.939 bits per heavy atom. The third kappa shape index (κ3) is 8.85. The average Bonchev–Trinajstić information content (AvgIpc) is 2.84. The van der Waals surface area contributed by atoms with E-state index in [0.717, 1.165) is 69.0 Å². The molecule has 0 amide bonds. The fourth-order valence-corrected chi connectivity index (χ4v) is 5.58. The second kappa shape index (κ2) is 13.9. The zero-order valence-corrected chi connectivity index (χ0v) is 20.6. The van der Waals surface area contributed by atoms with Crippen LogP contribution in [0.15, 0.2) is 60.0 Å². The minimum absolute atomic E-state index is 0.332. The van der Waals surface area contributed by atoms with Crippen molar-refractivity contribution in [2.45, 2.75) is 68.8 Å². The van der Waals surface area contributed by atoms with Crippen LogP contribution in [-0.2, 0) is 14.8 Å². The van der Waals surface area contributed by atoms with E-state index in [4.69, 9.17) is 4.74 Å². The highest BCUT2D eigenvalue weighted by Crippen LogP contribution is 2.27. The van der Waals surface area contributed by atoms with Gasteiger partial charge in [-0.05, 0) is 86.9 Å². The molecule has 0 aliphatic heterocycles. The highest BCUT2D eigenvalue weighted by molar-refractivity contribution is 7.89. The van der Waals surface area contributed by atoms with Gasteiger partial charge in [0, 0.05) is 13.2 Å². The lowest BCUT2D eigenvalue weighted by Crippen LogP contribution is -2.32. The third-order valence-corrected chi connectivity index (χ3v) is 7.93. The Balaban J connectivity index is 1.27. The second-order valence-corrected chi connectivity index (χ2v) is 10.9. The predicted octanol–water partition coefficient (Wildman–Crippen LogP) is 5.42. The molecule has 1 aliphatic carbocycles. The molecular formula is C27H40N2O3S. The Morgan fingerprint density at radius 3 is 2.48 bits per heavy atom. The van der Waals surface area contributed by atoms with Crippen molar-refractivity contribution in [1.82, 2.24) is 10.0 Å². The maximum absolute atomic E-state index is 12.8. The van der Waals surface area contributed by atoms with Crippen molar-refractivity contribution < 1.29 is 13.2 Å². The second-order valence-electron chi connectivity index (χ2n) is 9.12. The summed E-state index contributed by atoms with van der Waals surface area (Å²) >= 11 is 0. The van der Waals surface area contributed by atoms with Gasteiger partial charge in [-0.3, -0.25) is 0 Å². The Labute approximate surface area is 200 Å². The molecule has 6 heteroatoms. The van der Waals surface area contributed by atoms with E-state index >= 15 is 0 Å². The van der Waals surface area contributed by atoms with Gasteiger partial charge in [0.15, 0.2) is 0 Å². The van der Waals surface area contributed by atoms with E-state index in [1.807, 2.05) is 36.4 Å². The minimum Gasteiger partial charge on any atom is -0.378 e. The van der Waals surface area contributed by atoms with Crippen molar-refractivity contribution in [3.63, 3.8) is 0 Å². The molecule has 0 heterocycles. The molecule has 33 heavy (non-hydrogen) atoms. The molecule has 0 saturated heterocycles.